The first-order valence-electron chi connectivity index (χ1n) is 6.59. The van der Waals surface area contributed by atoms with Crippen molar-refractivity contribution in [3.8, 4) is 0 Å². The predicted molar refractivity (Wildman–Crippen MR) is 70.1 cm³/mol. The van der Waals surface area contributed by atoms with E-state index in [0.29, 0.717) is 6.42 Å². The standard InChI is InChI=1S/C12H18N2O5S/c15-12(5-4-11-3-1-2-7-18-11)14-20(16,17)9-10-6-8-19-13-10/h6,8,11H,1-5,7,9H2,(H,14,15)/t11-/m1/s1. The Labute approximate surface area is 117 Å². The molecule has 0 aliphatic carbocycles. The highest BCUT2D eigenvalue weighted by Gasteiger charge is 2.19. The Balaban J connectivity index is 1.75. The Kier molecular flexibility index (Phi) is 5.13. The third kappa shape index (κ3) is 4.93. The number of hydrogen-bond donors (Lipinski definition) is 1. The van der Waals surface area contributed by atoms with Gasteiger partial charge >= 0.3 is 0 Å². The Morgan fingerprint density at radius 3 is 2.95 bits per heavy atom. The number of sulfonamides is 1. The lowest BCUT2D eigenvalue weighted by Crippen LogP contribution is -2.32. The maximum absolute atomic E-state index is 11.7. The van der Waals surface area contributed by atoms with Crippen LogP contribution in [0.25, 0.3) is 0 Å². The van der Waals surface area contributed by atoms with Gasteiger partial charge in [-0.1, -0.05) is 5.16 Å². The summed E-state index contributed by atoms with van der Waals surface area (Å²) < 4.78 is 35.5. The van der Waals surface area contributed by atoms with Crippen LogP contribution in [0.5, 0.6) is 0 Å². The number of ether oxygens (including phenoxy) is 1. The summed E-state index contributed by atoms with van der Waals surface area (Å²) in [6, 6.07) is 1.44. The van der Waals surface area contributed by atoms with Crippen LogP contribution < -0.4 is 4.72 Å². The maximum atomic E-state index is 11.7. The molecule has 1 saturated heterocycles. The van der Waals surface area contributed by atoms with Crippen LogP contribution in [0.1, 0.15) is 37.8 Å². The van der Waals surface area contributed by atoms with Gasteiger partial charge in [0.15, 0.2) is 0 Å². The number of amides is 1. The fourth-order valence-electron chi connectivity index (χ4n) is 2.09. The number of carbonyl (C=O) groups is 1. The van der Waals surface area contributed by atoms with Gasteiger partial charge in [0.1, 0.15) is 17.7 Å². The molecule has 0 unspecified atom stereocenters. The monoisotopic (exact) mass is 302 g/mol. The van der Waals surface area contributed by atoms with Gasteiger partial charge in [-0.05, 0) is 25.7 Å². The van der Waals surface area contributed by atoms with Gasteiger partial charge in [0.25, 0.3) is 0 Å². The van der Waals surface area contributed by atoms with Crippen molar-refractivity contribution in [3.05, 3.63) is 18.0 Å². The molecule has 1 atom stereocenters. The van der Waals surface area contributed by atoms with Crippen molar-refractivity contribution in [2.45, 2.75) is 44.0 Å². The Morgan fingerprint density at radius 2 is 2.30 bits per heavy atom. The van der Waals surface area contributed by atoms with Crippen LogP contribution in [0.15, 0.2) is 16.9 Å². The fourth-order valence-corrected chi connectivity index (χ4v) is 3.15. The van der Waals surface area contributed by atoms with E-state index in [1.165, 1.54) is 12.3 Å². The number of hydrogen-bond acceptors (Lipinski definition) is 6. The van der Waals surface area contributed by atoms with Crippen molar-refractivity contribution in [1.82, 2.24) is 9.88 Å². The predicted octanol–water partition coefficient (Wildman–Crippen LogP) is 0.970. The van der Waals surface area contributed by atoms with Crippen molar-refractivity contribution in [1.29, 1.82) is 0 Å². The third-order valence-corrected chi connectivity index (χ3v) is 4.28. The van der Waals surface area contributed by atoms with Crippen LogP contribution in [0.3, 0.4) is 0 Å². The van der Waals surface area contributed by atoms with E-state index in [4.69, 9.17) is 4.74 Å². The van der Waals surface area contributed by atoms with Crippen LogP contribution >= 0.6 is 0 Å². The zero-order chi connectivity index (χ0) is 14.4. The van der Waals surface area contributed by atoms with Gasteiger partial charge in [-0.25, -0.2) is 8.42 Å². The molecular weight excluding hydrogens is 284 g/mol. The summed E-state index contributed by atoms with van der Waals surface area (Å²) in [4.78, 5) is 11.6. The van der Waals surface area contributed by atoms with Crippen LogP contribution in [-0.4, -0.2) is 32.2 Å². The minimum absolute atomic E-state index is 0.0627. The number of rotatable bonds is 6. The molecule has 112 valence electrons. The molecule has 0 aromatic carbocycles. The Morgan fingerprint density at radius 1 is 1.45 bits per heavy atom. The van der Waals surface area contributed by atoms with Crippen molar-refractivity contribution in [2.75, 3.05) is 6.61 Å². The first-order valence-corrected chi connectivity index (χ1v) is 8.24. The second kappa shape index (κ2) is 6.85. The molecule has 1 amide bonds. The lowest BCUT2D eigenvalue weighted by molar-refractivity contribution is -0.120. The van der Waals surface area contributed by atoms with Crippen molar-refractivity contribution in [2.24, 2.45) is 0 Å². The Hall–Kier alpha value is -1.41. The van der Waals surface area contributed by atoms with Gasteiger partial charge in [0.05, 0.1) is 6.10 Å². The molecule has 1 aliphatic heterocycles. The van der Waals surface area contributed by atoms with Gasteiger partial charge in [-0.3, -0.25) is 9.52 Å². The summed E-state index contributed by atoms with van der Waals surface area (Å²) in [5.41, 5.74) is 0.265. The number of aromatic nitrogens is 1. The topological polar surface area (TPSA) is 98.5 Å². The van der Waals surface area contributed by atoms with E-state index < -0.39 is 15.9 Å². The van der Waals surface area contributed by atoms with Gasteiger partial charge in [-0.15, -0.1) is 0 Å². The summed E-state index contributed by atoms with van der Waals surface area (Å²) in [6.45, 7) is 0.719. The van der Waals surface area contributed by atoms with Gasteiger partial charge in [0.2, 0.25) is 15.9 Å². The SMILES string of the molecule is O=C(CC[C@H]1CCCCO1)NS(=O)(=O)Cc1ccon1. The molecule has 0 bridgehead atoms. The smallest absolute Gasteiger partial charge is 0.240 e. The molecule has 7 nitrogen and oxygen atoms in total. The van der Waals surface area contributed by atoms with E-state index in [1.807, 2.05) is 4.72 Å². The van der Waals surface area contributed by atoms with E-state index in [2.05, 4.69) is 9.68 Å². The first kappa shape index (κ1) is 15.0. The van der Waals surface area contributed by atoms with Crippen LogP contribution in [0.4, 0.5) is 0 Å². The molecule has 0 radical (unpaired) electrons. The van der Waals surface area contributed by atoms with Crippen LogP contribution in [0.2, 0.25) is 0 Å². The van der Waals surface area contributed by atoms with Crippen molar-refractivity contribution in [3.63, 3.8) is 0 Å². The lowest BCUT2D eigenvalue weighted by atomic mass is 10.0. The van der Waals surface area contributed by atoms with Crippen molar-refractivity contribution < 1.29 is 22.5 Å². The van der Waals surface area contributed by atoms with E-state index in [-0.39, 0.29) is 24.0 Å². The van der Waals surface area contributed by atoms with Crippen LogP contribution in [0, 0.1) is 0 Å². The number of nitrogens with one attached hydrogen (secondary N) is 1. The zero-order valence-electron chi connectivity index (χ0n) is 11.1. The highest BCUT2D eigenvalue weighted by Crippen LogP contribution is 2.16. The van der Waals surface area contributed by atoms with Gasteiger partial charge < -0.3 is 9.26 Å². The van der Waals surface area contributed by atoms with E-state index >= 15 is 0 Å². The summed E-state index contributed by atoms with van der Waals surface area (Å²) in [6.07, 6.45) is 5.11. The second-order valence-corrected chi connectivity index (χ2v) is 6.52. The quantitative estimate of drug-likeness (QED) is 0.840. The van der Waals surface area contributed by atoms with Gasteiger partial charge in [0, 0.05) is 19.1 Å². The summed E-state index contributed by atoms with van der Waals surface area (Å²) in [5, 5.41) is 3.50. The van der Waals surface area contributed by atoms with Crippen LogP contribution in [-0.2, 0) is 25.3 Å². The largest absolute Gasteiger partial charge is 0.378 e. The van der Waals surface area contributed by atoms with E-state index in [0.717, 1.165) is 25.9 Å². The Bertz CT molecular complexity index is 520. The molecular formula is C12H18N2O5S. The first-order chi connectivity index (χ1) is 9.55. The number of carbonyl (C=O) groups excluding carboxylic acids is 1. The number of nitrogens with zero attached hydrogens (tertiary/aromatic N) is 1. The highest BCUT2D eigenvalue weighted by atomic mass is 32.2. The molecule has 20 heavy (non-hydrogen) atoms. The maximum Gasteiger partial charge on any atom is 0.240 e. The van der Waals surface area contributed by atoms with Crippen molar-refractivity contribution >= 4 is 15.9 Å². The molecule has 1 aromatic rings. The molecule has 0 saturated carbocycles. The summed E-state index contributed by atoms with van der Waals surface area (Å²) >= 11 is 0. The molecule has 2 rings (SSSR count). The molecule has 8 heteroatoms. The second-order valence-electron chi connectivity index (χ2n) is 4.80. The van der Waals surface area contributed by atoms with E-state index in [1.54, 1.807) is 0 Å². The normalized spacial score (nSPS) is 19.7. The minimum atomic E-state index is -3.72. The lowest BCUT2D eigenvalue weighted by Gasteiger charge is -2.22. The fraction of sp³-hybridized carbons (Fsp3) is 0.667. The minimum Gasteiger partial charge on any atom is -0.378 e. The molecule has 1 fully saturated rings. The highest BCUT2D eigenvalue weighted by molar-refractivity contribution is 7.89. The average Bonchev–Trinajstić information content (AvgIpc) is 2.89. The molecule has 0 spiro atoms. The molecule has 2 heterocycles. The zero-order valence-corrected chi connectivity index (χ0v) is 11.9. The molecule has 1 aromatic heterocycles. The average molecular weight is 302 g/mol. The molecule has 1 aliphatic rings. The summed E-state index contributed by atoms with van der Waals surface area (Å²) in [7, 11) is -3.72. The van der Waals surface area contributed by atoms with E-state index in [9.17, 15) is 13.2 Å². The summed E-state index contributed by atoms with van der Waals surface area (Å²) in [5.74, 6) is -0.877. The van der Waals surface area contributed by atoms with Gasteiger partial charge in [-0.2, -0.15) is 0 Å². The third-order valence-electron chi connectivity index (χ3n) is 3.07. The molecule has 1 N–H and O–H groups in total.